The number of carbonyl (C=O) groups is 1. The Balaban J connectivity index is 1.18. The second-order valence-electron chi connectivity index (χ2n) is 12.6. The molecule has 1 unspecified atom stereocenters. The molecule has 1 heterocycles. The fraction of sp³-hybridized carbons (Fsp3) is 0.600. The molecule has 38 heavy (non-hydrogen) atoms. The molecule has 0 saturated heterocycles. The number of amides is 1. The second-order valence-corrected chi connectivity index (χ2v) is 12.6. The minimum atomic E-state index is -0.493. The molecule has 0 aliphatic heterocycles. The summed E-state index contributed by atoms with van der Waals surface area (Å²) in [4.78, 5) is 21.5. The third-order valence-electron chi connectivity index (χ3n) is 8.39. The minimum absolute atomic E-state index is 0.170. The smallest absolute Gasteiger partial charge is 0.407 e. The van der Waals surface area contributed by atoms with Gasteiger partial charge in [0.25, 0.3) is 0 Å². The summed E-state index contributed by atoms with van der Waals surface area (Å²) in [7, 11) is 0. The predicted octanol–water partition coefficient (Wildman–Crippen LogP) is 5.52. The number of alkyl carbamates (subject to hydrolysis) is 1. The maximum atomic E-state index is 12.5. The van der Waals surface area contributed by atoms with Gasteiger partial charge in [0.15, 0.2) is 0 Å². The van der Waals surface area contributed by atoms with E-state index in [4.69, 9.17) is 4.74 Å². The summed E-state index contributed by atoms with van der Waals surface area (Å²) >= 11 is 0. The summed E-state index contributed by atoms with van der Waals surface area (Å²) in [6.45, 7) is 7.26. The van der Waals surface area contributed by atoms with Crippen LogP contribution in [0.15, 0.2) is 36.5 Å². The highest BCUT2D eigenvalue weighted by Gasteiger charge is 2.55. The molecule has 202 valence electrons. The maximum absolute atomic E-state index is 12.5. The first-order valence-electron chi connectivity index (χ1n) is 14.0. The number of anilines is 2. The number of rotatable bonds is 9. The van der Waals surface area contributed by atoms with Crippen molar-refractivity contribution in [1.29, 1.82) is 5.26 Å². The van der Waals surface area contributed by atoms with Gasteiger partial charge in [-0.25, -0.2) is 9.78 Å². The Morgan fingerprint density at radius 1 is 1.13 bits per heavy atom. The summed E-state index contributed by atoms with van der Waals surface area (Å²) in [5.74, 6) is 2.80. The van der Waals surface area contributed by atoms with E-state index in [1.807, 2.05) is 26.8 Å². The molecular weight excluding hydrogens is 476 g/mol. The Morgan fingerprint density at radius 2 is 1.87 bits per heavy atom. The molecule has 3 N–H and O–H groups in total. The van der Waals surface area contributed by atoms with E-state index in [0.29, 0.717) is 35.1 Å². The van der Waals surface area contributed by atoms with Crippen LogP contribution >= 0.6 is 0 Å². The molecule has 1 aromatic carbocycles. The van der Waals surface area contributed by atoms with Crippen molar-refractivity contribution in [3.63, 3.8) is 0 Å². The lowest BCUT2D eigenvalue weighted by Gasteiger charge is -2.60. The third-order valence-corrected chi connectivity index (χ3v) is 8.39. The van der Waals surface area contributed by atoms with E-state index in [2.05, 4.69) is 56.3 Å². The van der Waals surface area contributed by atoms with Gasteiger partial charge in [-0.15, -0.1) is 0 Å². The number of carbonyl (C=O) groups excluding carboxylic acids is 1. The van der Waals surface area contributed by atoms with Crippen LogP contribution in [0.2, 0.25) is 0 Å². The number of aromatic nitrogens is 2. The maximum Gasteiger partial charge on any atom is 0.407 e. The molecule has 4 aliphatic carbocycles. The first kappa shape index (κ1) is 26.3. The molecule has 0 radical (unpaired) electrons. The number of hydrogen-bond donors (Lipinski definition) is 3. The van der Waals surface area contributed by atoms with Crippen molar-refractivity contribution in [2.45, 2.75) is 77.4 Å². The van der Waals surface area contributed by atoms with Crippen molar-refractivity contribution < 1.29 is 9.53 Å². The van der Waals surface area contributed by atoms with Crippen molar-refractivity contribution in [2.24, 2.45) is 23.2 Å². The molecule has 8 nitrogen and oxygen atoms in total. The zero-order chi connectivity index (χ0) is 26.8. The van der Waals surface area contributed by atoms with E-state index < -0.39 is 5.60 Å². The van der Waals surface area contributed by atoms with Gasteiger partial charge in [0.2, 0.25) is 5.95 Å². The van der Waals surface area contributed by atoms with Crippen molar-refractivity contribution in [2.75, 3.05) is 23.7 Å². The molecule has 8 heteroatoms. The second kappa shape index (κ2) is 10.8. The van der Waals surface area contributed by atoms with E-state index in [1.165, 1.54) is 24.8 Å². The molecule has 5 atom stereocenters. The van der Waals surface area contributed by atoms with Crippen LogP contribution in [0.3, 0.4) is 0 Å². The van der Waals surface area contributed by atoms with Gasteiger partial charge < -0.3 is 20.7 Å². The van der Waals surface area contributed by atoms with Gasteiger partial charge in [-0.1, -0.05) is 30.3 Å². The van der Waals surface area contributed by atoms with Crippen LogP contribution in [0.5, 0.6) is 0 Å². The molecule has 4 aliphatic rings. The first-order valence-corrected chi connectivity index (χ1v) is 14.0. The van der Waals surface area contributed by atoms with Gasteiger partial charge >= 0.3 is 6.09 Å². The summed E-state index contributed by atoms with van der Waals surface area (Å²) in [6.07, 6.45) is 8.96. The minimum Gasteiger partial charge on any atom is -0.444 e. The topological polar surface area (TPSA) is 112 Å². The summed E-state index contributed by atoms with van der Waals surface area (Å²) in [5, 5.41) is 19.7. The first-order chi connectivity index (χ1) is 18.2. The van der Waals surface area contributed by atoms with Crippen molar-refractivity contribution in [3.05, 3.63) is 47.7 Å². The molecular formula is C30H40N6O2. The van der Waals surface area contributed by atoms with Crippen molar-refractivity contribution in [1.82, 2.24) is 15.3 Å². The average molecular weight is 517 g/mol. The van der Waals surface area contributed by atoms with Crippen molar-refractivity contribution in [3.8, 4) is 6.07 Å². The number of aryl methyl sites for hydroxylation is 1. The fourth-order valence-corrected chi connectivity index (χ4v) is 7.18. The summed E-state index contributed by atoms with van der Waals surface area (Å²) < 4.78 is 5.56. The Bertz CT molecular complexity index is 1160. The Kier molecular flexibility index (Phi) is 7.47. The molecule has 1 aromatic heterocycles. The van der Waals surface area contributed by atoms with Gasteiger partial charge in [0, 0.05) is 19.1 Å². The Hall–Kier alpha value is -3.34. The highest BCUT2D eigenvalue weighted by molar-refractivity contribution is 5.68. The normalized spacial score (nSPS) is 27.4. The molecule has 1 amide bonds. The van der Waals surface area contributed by atoms with Crippen LogP contribution in [0.1, 0.15) is 70.4 Å². The zero-order valence-corrected chi connectivity index (χ0v) is 22.8. The van der Waals surface area contributed by atoms with Crippen LogP contribution < -0.4 is 16.0 Å². The highest BCUT2D eigenvalue weighted by Crippen LogP contribution is 2.60. The van der Waals surface area contributed by atoms with E-state index in [0.717, 1.165) is 38.8 Å². The highest BCUT2D eigenvalue weighted by atomic mass is 16.6. The lowest BCUT2D eigenvalue weighted by molar-refractivity contribution is -0.0703. The lowest BCUT2D eigenvalue weighted by Crippen LogP contribution is -2.60. The van der Waals surface area contributed by atoms with Crippen molar-refractivity contribution >= 4 is 17.9 Å². The van der Waals surface area contributed by atoms with Crippen LogP contribution in [-0.2, 0) is 11.2 Å². The van der Waals surface area contributed by atoms with Gasteiger partial charge in [-0.2, -0.15) is 10.2 Å². The third kappa shape index (κ3) is 6.20. The largest absolute Gasteiger partial charge is 0.444 e. The monoisotopic (exact) mass is 516 g/mol. The van der Waals surface area contributed by atoms with Crippen LogP contribution in [0, 0.1) is 34.5 Å². The summed E-state index contributed by atoms with van der Waals surface area (Å²) in [5.41, 5.74) is 1.46. The predicted molar refractivity (Wildman–Crippen MR) is 148 cm³/mol. The molecule has 4 saturated carbocycles. The average Bonchev–Trinajstić information content (AvgIpc) is 2.87. The number of ether oxygens (including phenoxy) is 1. The fourth-order valence-electron chi connectivity index (χ4n) is 7.18. The SMILES string of the molecule is CC(C)(C)OC(=O)N[C@@H]1[C@@H]2CC3C[C@H]1C[C@@](CNc1nc(NCCCc4ccccc4)ncc1C#N)(C3)C2. The quantitative estimate of drug-likeness (QED) is 0.376. The lowest BCUT2D eigenvalue weighted by atomic mass is 9.48. The Morgan fingerprint density at radius 3 is 2.55 bits per heavy atom. The number of benzene rings is 1. The number of nitrogens with one attached hydrogen (secondary N) is 3. The molecule has 6 rings (SSSR count). The van der Waals surface area contributed by atoms with E-state index in [9.17, 15) is 10.1 Å². The van der Waals surface area contributed by atoms with E-state index in [1.54, 1.807) is 6.20 Å². The van der Waals surface area contributed by atoms with Gasteiger partial charge in [-0.05, 0) is 94.4 Å². The van der Waals surface area contributed by atoms with Gasteiger partial charge in [0.05, 0.1) is 6.20 Å². The van der Waals surface area contributed by atoms with E-state index in [-0.39, 0.29) is 17.6 Å². The van der Waals surface area contributed by atoms with E-state index >= 15 is 0 Å². The van der Waals surface area contributed by atoms with Crippen LogP contribution in [0.25, 0.3) is 0 Å². The standard InChI is InChI=1S/C30H40N6O2/c1-29(2,3)38-28(37)35-25-22-12-21-13-23(25)16-30(14-21,15-22)19-34-26-24(17-31)18-33-27(36-26)32-11-7-10-20-8-5-4-6-9-20/h4-6,8-9,18,21-23,25H,7,10-16,19H2,1-3H3,(H,35,37)(H2,32,33,34,36)/t21?,22-,23+,25-,30-. The Labute approximate surface area is 226 Å². The zero-order valence-electron chi connectivity index (χ0n) is 22.8. The molecule has 2 aromatic rings. The van der Waals surface area contributed by atoms with Gasteiger partial charge in [-0.3, -0.25) is 0 Å². The molecule has 0 spiro atoms. The molecule has 4 fully saturated rings. The molecule has 4 bridgehead atoms. The number of nitrogens with zero attached hydrogens (tertiary/aromatic N) is 3. The van der Waals surface area contributed by atoms with Gasteiger partial charge in [0.1, 0.15) is 23.1 Å². The van der Waals surface area contributed by atoms with Crippen LogP contribution in [0.4, 0.5) is 16.6 Å². The number of hydrogen-bond acceptors (Lipinski definition) is 7. The van der Waals surface area contributed by atoms with Crippen LogP contribution in [-0.4, -0.2) is 40.8 Å². The number of nitriles is 1. The summed E-state index contributed by atoms with van der Waals surface area (Å²) in [6, 6.07) is 12.9.